The van der Waals surface area contributed by atoms with Gasteiger partial charge >= 0.3 is 0 Å². The number of aryl methyl sites for hydroxylation is 2. The van der Waals surface area contributed by atoms with Crippen molar-refractivity contribution in [2.75, 3.05) is 0 Å². The Morgan fingerprint density at radius 1 is 0.488 bits per heavy atom. The zero-order valence-electron chi connectivity index (χ0n) is 25.8. The lowest BCUT2D eigenvalue weighted by Crippen LogP contribution is -1.97. The first-order valence-corrected chi connectivity index (χ1v) is 17.5. The molecule has 0 atom stereocenters. The van der Waals surface area contributed by atoms with Crippen molar-refractivity contribution in [3.05, 3.63) is 93.6 Å². The normalized spacial score (nSPS) is 11.6. The van der Waals surface area contributed by atoms with Gasteiger partial charge in [-0.15, -0.1) is 0 Å². The lowest BCUT2D eigenvalue weighted by atomic mass is 10.1. The van der Waals surface area contributed by atoms with Crippen molar-refractivity contribution in [3.63, 3.8) is 0 Å². The fraction of sp³-hybridized carbons (Fsp3) is 0.350. The zero-order valence-corrected chi connectivity index (χ0v) is 27.9. The summed E-state index contributed by atoms with van der Waals surface area (Å²) in [6, 6.07) is 29.3. The number of rotatable bonds is 12. The summed E-state index contributed by atoms with van der Waals surface area (Å²) in [4.78, 5) is 0. The molecule has 0 N–H and O–H groups in total. The lowest BCUT2D eigenvalue weighted by molar-refractivity contribution is 0.584. The van der Waals surface area contributed by atoms with Crippen LogP contribution in [0.4, 0.5) is 0 Å². The van der Waals surface area contributed by atoms with E-state index in [0.717, 1.165) is 24.2 Å². The predicted molar refractivity (Wildman–Crippen MR) is 195 cm³/mol. The molecule has 0 saturated heterocycles. The average Bonchev–Trinajstić information content (AvgIpc) is 3.51. The van der Waals surface area contributed by atoms with E-state index in [2.05, 4.69) is 136 Å². The Morgan fingerprint density at radius 2 is 0.953 bits per heavy atom. The highest BCUT2D eigenvalue weighted by atomic mass is 127. The second kappa shape index (κ2) is 14.0. The van der Waals surface area contributed by atoms with Gasteiger partial charge in [-0.3, -0.25) is 0 Å². The van der Waals surface area contributed by atoms with Gasteiger partial charge < -0.3 is 9.13 Å². The molecule has 0 bridgehead atoms. The maximum absolute atomic E-state index is 3.51. The smallest absolute Gasteiger partial charge is 0.0492 e. The number of nitrogens with zero attached hydrogens (tertiary/aromatic N) is 2. The predicted octanol–water partition coefficient (Wildman–Crippen LogP) is 11.8. The van der Waals surface area contributed by atoms with Crippen molar-refractivity contribution in [1.29, 1.82) is 0 Å². The summed E-state index contributed by atoms with van der Waals surface area (Å²) in [5, 5.41) is 5.28. The van der Waals surface area contributed by atoms with Crippen LogP contribution >= 0.6 is 22.6 Å². The molecule has 4 aromatic carbocycles. The van der Waals surface area contributed by atoms with Crippen LogP contribution in [0.25, 0.3) is 43.6 Å². The minimum Gasteiger partial charge on any atom is -0.340 e. The molecule has 0 aliphatic rings. The highest BCUT2D eigenvalue weighted by Gasteiger charge is 2.12. The number of unbranched alkanes of at least 4 members (excludes halogenated alkanes) is 8. The van der Waals surface area contributed by atoms with Crippen molar-refractivity contribution < 1.29 is 0 Å². The minimum atomic E-state index is 1.07. The Bertz CT molecular complexity index is 1930. The number of halogens is 1. The summed E-state index contributed by atoms with van der Waals surface area (Å²) in [6.45, 7) is 6.71. The van der Waals surface area contributed by atoms with E-state index in [1.165, 1.54) is 111 Å². The van der Waals surface area contributed by atoms with Crippen molar-refractivity contribution in [3.8, 4) is 11.8 Å². The maximum Gasteiger partial charge on any atom is 0.0492 e. The standard InChI is InChI=1S/C40H43IN2/c1-3-5-7-9-13-25-42-37-16-12-11-15-33(37)34-27-30(19-22-38(34)42)17-18-31-20-23-39-35(28-31)36-29-32(41)21-24-40(36)43(39)26-14-10-8-6-4-2/h11-12,15-16,19-24,27-29H,3-10,13-14,25-26H2,1-2H3. The van der Waals surface area contributed by atoms with E-state index < -0.39 is 0 Å². The van der Waals surface area contributed by atoms with E-state index in [9.17, 15) is 0 Å². The molecule has 6 rings (SSSR count). The summed E-state index contributed by atoms with van der Waals surface area (Å²) in [7, 11) is 0. The van der Waals surface area contributed by atoms with Crippen molar-refractivity contribution in [2.45, 2.75) is 91.1 Å². The van der Waals surface area contributed by atoms with E-state index in [1.54, 1.807) is 0 Å². The molecule has 220 valence electrons. The molecule has 3 heteroatoms. The largest absolute Gasteiger partial charge is 0.340 e. The summed E-state index contributed by atoms with van der Waals surface area (Å²) in [5.74, 6) is 7.02. The molecule has 2 aromatic heterocycles. The fourth-order valence-electron chi connectivity index (χ4n) is 6.66. The summed E-state index contributed by atoms with van der Waals surface area (Å²) >= 11 is 2.43. The SMILES string of the molecule is CCCCCCCn1c2ccccc2c2cc(C#Cc3ccc4c(c3)c3cc(I)ccc3n4CCCCCCC)ccc21. The van der Waals surface area contributed by atoms with Gasteiger partial charge in [-0.25, -0.2) is 0 Å². The minimum absolute atomic E-state index is 1.07. The molecular formula is C40H43IN2. The molecule has 0 saturated carbocycles. The Labute approximate surface area is 270 Å². The van der Waals surface area contributed by atoms with Gasteiger partial charge in [0.2, 0.25) is 0 Å². The van der Waals surface area contributed by atoms with Gasteiger partial charge in [0, 0.05) is 71.4 Å². The summed E-state index contributed by atoms with van der Waals surface area (Å²) in [6.07, 6.45) is 13.0. The molecule has 0 fully saturated rings. The van der Waals surface area contributed by atoms with Crippen LogP contribution in [0.15, 0.2) is 78.9 Å². The number of hydrogen-bond donors (Lipinski definition) is 0. The van der Waals surface area contributed by atoms with Crippen LogP contribution in [0.5, 0.6) is 0 Å². The Morgan fingerprint density at radius 3 is 1.53 bits per heavy atom. The number of benzene rings is 4. The highest BCUT2D eigenvalue weighted by molar-refractivity contribution is 14.1. The number of aromatic nitrogens is 2. The molecular weight excluding hydrogens is 635 g/mol. The Kier molecular flexibility index (Phi) is 9.74. The number of para-hydroxylation sites is 1. The first-order chi connectivity index (χ1) is 21.2. The molecule has 0 aliphatic carbocycles. The first kappa shape index (κ1) is 29.8. The van der Waals surface area contributed by atoms with Gasteiger partial charge in [0.25, 0.3) is 0 Å². The van der Waals surface area contributed by atoms with Gasteiger partial charge in [0.1, 0.15) is 0 Å². The lowest BCUT2D eigenvalue weighted by Gasteiger charge is -2.07. The molecule has 2 nitrogen and oxygen atoms in total. The van der Waals surface area contributed by atoms with Crippen LogP contribution in [-0.2, 0) is 13.1 Å². The van der Waals surface area contributed by atoms with E-state index in [1.807, 2.05) is 0 Å². The molecule has 0 unspecified atom stereocenters. The summed E-state index contributed by atoms with van der Waals surface area (Å²) in [5.41, 5.74) is 7.45. The van der Waals surface area contributed by atoms with Gasteiger partial charge in [-0.2, -0.15) is 0 Å². The molecule has 43 heavy (non-hydrogen) atoms. The van der Waals surface area contributed by atoms with Gasteiger partial charge in [-0.1, -0.05) is 95.3 Å². The third-order valence-corrected chi connectivity index (χ3v) is 9.59. The Hall–Kier alpha value is -3.23. The van der Waals surface area contributed by atoms with Gasteiger partial charge in [0.15, 0.2) is 0 Å². The second-order valence-electron chi connectivity index (χ2n) is 12.0. The first-order valence-electron chi connectivity index (χ1n) is 16.4. The van der Waals surface area contributed by atoms with Gasteiger partial charge in [-0.05, 0) is 96.1 Å². The van der Waals surface area contributed by atoms with E-state index in [-0.39, 0.29) is 0 Å². The number of hydrogen-bond acceptors (Lipinski definition) is 0. The zero-order chi connectivity index (χ0) is 29.6. The van der Waals surface area contributed by atoms with Crippen LogP contribution in [0.3, 0.4) is 0 Å². The van der Waals surface area contributed by atoms with Crippen molar-refractivity contribution in [1.82, 2.24) is 9.13 Å². The van der Waals surface area contributed by atoms with E-state index in [4.69, 9.17) is 0 Å². The van der Waals surface area contributed by atoms with Crippen LogP contribution in [0, 0.1) is 15.4 Å². The average molecular weight is 679 g/mol. The van der Waals surface area contributed by atoms with E-state index in [0.29, 0.717) is 0 Å². The van der Waals surface area contributed by atoms with Crippen molar-refractivity contribution >= 4 is 66.2 Å². The topological polar surface area (TPSA) is 9.86 Å². The van der Waals surface area contributed by atoms with E-state index >= 15 is 0 Å². The number of fused-ring (bicyclic) bond motifs is 6. The van der Waals surface area contributed by atoms with Crippen molar-refractivity contribution in [2.24, 2.45) is 0 Å². The molecule has 0 radical (unpaired) electrons. The maximum atomic E-state index is 3.51. The Balaban J connectivity index is 1.30. The third kappa shape index (κ3) is 6.50. The van der Waals surface area contributed by atoms with Crippen LogP contribution in [0.2, 0.25) is 0 Å². The molecule has 0 amide bonds. The molecule has 0 aliphatic heterocycles. The van der Waals surface area contributed by atoms with Crippen LogP contribution < -0.4 is 0 Å². The third-order valence-electron chi connectivity index (χ3n) is 8.92. The second-order valence-corrected chi connectivity index (χ2v) is 13.3. The van der Waals surface area contributed by atoms with Crippen LogP contribution in [-0.4, -0.2) is 9.13 Å². The quantitative estimate of drug-likeness (QED) is 0.0693. The summed E-state index contributed by atoms with van der Waals surface area (Å²) < 4.78 is 6.32. The van der Waals surface area contributed by atoms with Crippen LogP contribution in [0.1, 0.15) is 89.2 Å². The fourth-order valence-corrected chi connectivity index (χ4v) is 7.15. The molecule has 6 aromatic rings. The molecule has 0 spiro atoms. The highest BCUT2D eigenvalue weighted by Crippen LogP contribution is 2.32. The molecule has 2 heterocycles. The monoisotopic (exact) mass is 678 g/mol. The van der Waals surface area contributed by atoms with Gasteiger partial charge in [0.05, 0.1) is 0 Å².